The van der Waals surface area contributed by atoms with Crippen LogP contribution in [0, 0.1) is 0 Å². The summed E-state index contributed by atoms with van der Waals surface area (Å²) < 4.78 is 4.14. The number of halogens is 1. The van der Waals surface area contributed by atoms with Crippen molar-refractivity contribution in [2.45, 2.75) is 45.4 Å². The van der Waals surface area contributed by atoms with Crippen molar-refractivity contribution in [3.8, 4) is 0 Å². The van der Waals surface area contributed by atoms with Crippen LogP contribution in [0.4, 0.5) is 0 Å². The normalized spacial score (nSPS) is 14.5. The van der Waals surface area contributed by atoms with Crippen LogP contribution in [0.25, 0.3) is 0 Å². The Morgan fingerprint density at radius 2 is 1.42 bits per heavy atom. The average Bonchev–Trinajstić information content (AvgIpc) is 3.28. The van der Waals surface area contributed by atoms with E-state index in [9.17, 15) is 4.79 Å². The van der Waals surface area contributed by atoms with Crippen molar-refractivity contribution in [1.82, 2.24) is 9.13 Å². The van der Waals surface area contributed by atoms with Gasteiger partial charge in [0.25, 0.3) is 0 Å². The first-order valence-electron chi connectivity index (χ1n) is 9.31. The molecule has 2 aromatic rings. The summed E-state index contributed by atoms with van der Waals surface area (Å²) in [5, 5.41) is 27.4. The number of carbonyl (C=O) groups is 2. The Morgan fingerprint density at radius 1 is 1.00 bits per heavy atom. The number of oxime groups is 1. The molecule has 0 saturated carbocycles. The second kappa shape index (κ2) is 16.1. The third-order valence-electron chi connectivity index (χ3n) is 4.78. The predicted octanol–water partition coefficient (Wildman–Crippen LogP) is -1.40. The molecule has 4 rings (SSSR count). The summed E-state index contributed by atoms with van der Waals surface area (Å²) in [5.41, 5.74) is 5.39. The minimum Gasteiger partial charge on any atom is -0.550 e. The Balaban J connectivity index is 0. The zero-order chi connectivity index (χ0) is 22.0. The number of aliphatic carboxylic acids is 1. The van der Waals surface area contributed by atoms with Crippen molar-refractivity contribution in [1.29, 1.82) is 0 Å². The van der Waals surface area contributed by atoms with Gasteiger partial charge in [0.05, 0.1) is 5.71 Å². The molecule has 9 nitrogen and oxygen atoms in total. The molecule has 2 heterocycles. The molecule has 0 amide bonds. The fourth-order valence-corrected chi connectivity index (χ4v) is 3.48. The van der Waals surface area contributed by atoms with E-state index in [-0.39, 0.29) is 42.0 Å². The minimum absolute atomic E-state index is 0. The van der Waals surface area contributed by atoms with Crippen LogP contribution in [0.5, 0.6) is 0 Å². The van der Waals surface area contributed by atoms with Gasteiger partial charge in [-0.2, -0.15) is 0 Å². The molecule has 2 aromatic heterocycles. The number of rotatable bonds is 0. The topological polar surface area (TPSA) is 146 Å². The van der Waals surface area contributed by atoms with Crippen molar-refractivity contribution < 1.29 is 54.7 Å². The summed E-state index contributed by atoms with van der Waals surface area (Å²) in [6.45, 7) is 0.972. The number of hydrogen-bond donors (Lipinski definition) is 3. The summed E-state index contributed by atoms with van der Waals surface area (Å²) in [6.07, 6.45) is 9.87. The number of fused-ring (bicyclic) bond motifs is 2. The minimum atomic E-state index is -1.08. The zero-order valence-electron chi connectivity index (χ0n) is 18.5. The first kappa shape index (κ1) is 31.6. The molecule has 0 bridgehead atoms. The number of aryl methyl sites for hydroxylation is 2. The quantitative estimate of drug-likeness (QED) is 0.248. The second-order valence-corrected chi connectivity index (χ2v) is 6.74. The van der Waals surface area contributed by atoms with Gasteiger partial charge in [-0.15, -0.1) is 12.4 Å². The van der Waals surface area contributed by atoms with Gasteiger partial charge in [-0.05, 0) is 51.2 Å². The monoisotopic (exact) mass is 464 g/mol. The van der Waals surface area contributed by atoms with Gasteiger partial charge >= 0.3 is 29.6 Å². The number of nitrogens with zero attached hydrogens (tertiary/aromatic N) is 3. The van der Waals surface area contributed by atoms with Gasteiger partial charge in [-0.25, -0.2) is 5.90 Å². The number of carboxylic acids is 1. The van der Waals surface area contributed by atoms with Crippen LogP contribution >= 0.6 is 12.4 Å². The third-order valence-corrected chi connectivity index (χ3v) is 4.78. The number of Topliss-reactive ketones (excluding diaryl/α,β-unsaturated/α-hetero) is 1. The Kier molecular flexibility index (Phi) is 16.4. The van der Waals surface area contributed by atoms with Crippen LogP contribution in [0.3, 0.4) is 0 Å². The van der Waals surface area contributed by atoms with E-state index in [0.717, 1.165) is 62.3 Å². The van der Waals surface area contributed by atoms with Gasteiger partial charge in [0, 0.05) is 61.4 Å². The van der Waals surface area contributed by atoms with Gasteiger partial charge in [0.2, 0.25) is 0 Å². The van der Waals surface area contributed by atoms with Crippen LogP contribution in [-0.4, -0.2) is 37.0 Å². The molecule has 0 aliphatic heterocycles. The van der Waals surface area contributed by atoms with Gasteiger partial charge in [-0.1, -0.05) is 5.16 Å². The Hall–Kier alpha value is -1.62. The number of nitrogens with two attached hydrogens (primary N) is 1. The number of carboxylic acid groups (broad SMARTS) is 1. The molecule has 0 atom stereocenters. The van der Waals surface area contributed by atoms with Crippen molar-refractivity contribution in [2.75, 3.05) is 0 Å². The molecule has 0 spiro atoms. The summed E-state index contributed by atoms with van der Waals surface area (Å²) in [6, 6.07) is 3.94. The smallest absolute Gasteiger partial charge is 0.550 e. The maximum Gasteiger partial charge on any atom is 1.00 e. The molecular weight excluding hydrogens is 435 g/mol. The predicted molar refractivity (Wildman–Crippen MR) is 113 cm³/mol. The Morgan fingerprint density at radius 3 is 1.87 bits per heavy atom. The van der Waals surface area contributed by atoms with Crippen molar-refractivity contribution in [3.63, 3.8) is 0 Å². The zero-order valence-corrected chi connectivity index (χ0v) is 21.3. The first-order valence-corrected chi connectivity index (χ1v) is 9.31. The maximum absolute atomic E-state index is 11.3. The summed E-state index contributed by atoms with van der Waals surface area (Å²) in [4.78, 5) is 20.2. The first-order chi connectivity index (χ1) is 13.8. The molecule has 2 aliphatic carbocycles. The van der Waals surface area contributed by atoms with Gasteiger partial charge in [0.15, 0.2) is 5.78 Å². The van der Waals surface area contributed by atoms with Crippen LogP contribution in [0.15, 0.2) is 29.7 Å². The van der Waals surface area contributed by atoms with Crippen molar-refractivity contribution in [3.05, 3.63) is 47.0 Å². The van der Waals surface area contributed by atoms with E-state index in [0.29, 0.717) is 5.78 Å². The maximum atomic E-state index is 11.3. The van der Waals surface area contributed by atoms with E-state index >= 15 is 0 Å². The van der Waals surface area contributed by atoms with Gasteiger partial charge in [0.1, 0.15) is 0 Å². The summed E-state index contributed by atoms with van der Waals surface area (Å²) in [7, 11) is 4.02. The molecule has 2 aliphatic rings. The van der Waals surface area contributed by atoms with Crippen LogP contribution < -0.4 is 40.6 Å². The molecule has 4 N–H and O–H groups in total. The SMILES string of the molecule is CC(=O)[O-].Cl.Cn1ccc2c1CCC/C2=N\O.Cn1ccc2c1CCCC2=O.NO.[Na+]. The van der Waals surface area contributed by atoms with E-state index in [4.69, 9.17) is 20.3 Å². The van der Waals surface area contributed by atoms with E-state index < -0.39 is 5.97 Å². The molecule has 11 heteroatoms. The standard InChI is InChI=1S/C9H12N2O.C9H11NO.C2H4O2.ClH.H3NO.Na/c1-11-6-5-7-8(10-12)3-2-4-9(7)11;1-10-6-5-7-8(10)3-2-4-9(7)11;1-2(3)4;;1-2;/h5-6,12H,2-4H2,1H3;5-6H,2-4H2,1H3;1H3,(H,3,4);1H;2H,1H2;/q;;;;;+1/p-1/b10-8+;;;;;. The van der Waals surface area contributed by atoms with Crippen LogP contribution in [0.2, 0.25) is 0 Å². The van der Waals surface area contributed by atoms with Gasteiger partial charge in [-0.3, -0.25) is 4.79 Å². The molecule has 168 valence electrons. The number of hydrogen-bond acceptors (Lipinski definition) is 7. The van der Waals surface area contributed by atoms with Crippen molar-refractivity contribution >= 4 is 29.9 Å². The largest absolute Gasteiger partial charge is 1.00 e. The van der Waals surface area contributed by atoms with Gasteiger partial charge < -0.3 is 29.4 Å². The number of carbonyl (C=O) groups excluding carboxylic acids is 2. The van der Waals surface area contributed by atoms with E-state index in [1.54, 1.807) is 0 Å². The molecule has 0 saturated heterocycles. The van der Waals surface area contributed by atoms with E-state index in [1.165, 1.54) is 11.4 Å². The fraction of sp³-hybridized carbons (Fsp3) is 0.450. The number of ketones is 1. The molecule has 31 heavy (non-hydrogen) atoms. The molecule has 0 fully saturated rings. The van der Waals surface area contributed by atoms with E-state index in [2.05, 4.69) is 15.6 Å². The summed E-state index contributed by atoms with van der Waals surface area (Å²) >= 11 is 0. The van der Waals surface area contributed by atoms with E-state index in [1.807, 2.05) is 43.2 Å². The molecule has 0 unspecified atom stereocenters. The van der Waals surface area contributed by atoms with Crippen LogP contribution in [0.1, 0.15) is 59.9 Å². The molecule has 0 radical (unpaired) electrons. The molecule has 0 aromatic carbocycles. The third kappa shape index (κ3) is 9.18. The Bertz CT molecular complexity index is 860. The molecular formula is C20H30ClN4NaO5. The van der Waals surface area contributed by atoms with Crippen LogP contribution in [-0.2, 0) is 31.7 Å². The summed E-state index contributed by atoms with van der Waals surface area (Å²) in [5.74, 6) is 2.73. The Labute approximate surface area is 210 Å². The number of aromatic nitrogens is 2. The second-order valence-electron chi connectivity index (χ2n) is 6.74. The average molecular weight is 465 g/mol. The fourth-order valence-electron chi connectivity index (χ4n) is 3.48. The van der Waals surface area contributed by atoms with Crippen molar-refractivity contribution in [2.24, 2.45) is 25.1 Å².